The van der Waals surface area contributed by atoms with Gasteiger partial charge in [-0.25, -0.2) is 13.1 Å². The number of sulfonamides is 1. The molecule has 8 nitrogen and oxygen atoms in total. The third kappa shape index (κ3) is 4.64. The van der Waals surface area contributed by atoms with E-state index in [-0.39, 0.29) is 4.90 Å². The standard InChI is InChI=1S/C17H20N2O6S/c1-23-14-9-12(10-15(24-2)17(14)25-3)19-16(20)11-18-26(21,22)13-7-5-4-6-8-13/h4-10,18H,11H2,1-3H3,(H,19,20). The highest BCUT2D eigenvalue weighted by Crippen LogP contribution is 2.39. The molecular weight excluding hydrogens is 360 g/mol. The molecule has 0 unspecified atom stereocenters. The van der Waals surface area contributed by atoms with E-state index in [1.54, 1.807) is 30.3 Å². The lowest BCUT2D eigenvalue weighted by molar-refractivity contribution is -0.115. The van der Waals surface area contributed by atoms with E-state index in [0.717, 1.165) is 0 Å². The summed E-state index contributed by atoms with van der Waals surface area (Å²) in [6.45, 7) is -0.423. The van der Waals surface area contributed by atoms with Crippen LogP contribution in [0.3, 0.4) is 0 Å². The fourth-order valence-electron chi connectivity index (χ4n) is 2.20. The molecule has 0 aliphatic rings. The van der Waals surface area contributed by atoms with Gasteiger partial charge in [-0.15, -0.1) is 0 Å². The Kier molecular flexibility index (Phi) is 6.42. The number of anilines is 1. The highest BCUT2D eigenvalue weighted by atomic mass is 32.2. The molecule has 2 aromatic rings. The second-order valence-corrected chi connectivity index (χ2v) is 6.87. The maximum absolute atomic E-state index is 12.1. The lowest BCUT2D eigenvalue weighted by Crippen LogP contribution is -2.32. The number of benzene rings is 2. The average Bonchev–Trinajstić information content (AvgIpc) is 2.66. The third-order valence-electron chi connectivity index (χ3n) is 3.42. The second-order valence-electron chi connectivity index (χ2n) is 5.10. The molecule has 2 aromatic carbocycles. The summed E-state index contributed by atoms with van der Waals surface area (Å²) in [6, 6.07) is 10.9. The Bertz CT molecular complexity index is 843. The number of carbonyl (C=O) groups is 1. The quantitative estimate of drug-likeness (QED) is 0.722. The first-order valence-electron chi connectivity index (χ1n) is 7.56. The van der Waals surface area contributed by atoms with Crippen molar-refractivity contribution < 1.29 is 27.4 Å². The minimum Gasteiger partial charge on any atom is -0.493 e. The van der Waals surface area contributed by atoms with Gasteiger partial charge in [0.1, 0.15) is 0 Å². The molecule has 0 saturated carbocycles. The van der Waals surface area contributed by atoms with Crippen LogP contribution in [0.15, 0.2) is 47.4 Å². The Balaban J connectivity index is 2.08. The molecule has 1 amide bonds. The van der Waals surface area contributed by atoms with Crippen LogP contribution in [0.25, 0.3) is 0 Å². The molecular formula is C17H20N2O6S. The van der Waals surface area contributed by atoms with Crippen molar-refractivity contribution in [2.24, 2.45) is 0 Å². The predicted molar refractivity (Wildman–Crippen MR) is 96.4 cm³/mol. The van der Waals surface area contributed by atoms with E-state index in [0.29, 0.717) is 22.9 Å². The van der Waals surface area contributed by atoms with E-state index in [1.807, 2.05) is 0 Å². The van der Waals surface area contributed by atoms with Gasteiger partial charge in [-0.05, 0) is 12.1 Å². The molecule has 0 spiro atoms. The minimum absolute atomic E-state index is 0.0839. The summed E-state index contributed by atoms with van der Waals surface area (Å²) in [4.78, 5) is 12.2. The fraction of sp³-hybridized carbons (Fsp3) is 0.235. The van der Waals surface area contributed by atoms with Crippen molar-refractivity contribution in [2.45, 2.75) is 4.90 Å². The topological polar surface area (TPSA) is 103 Å². The van der Waals surface area contributed by atoms with Crippen LogP contribution >= 0.6 is 0 Å². The first kappa shape index (κ1) is 19.5. The van der Waals surface area contributed by atoms with Crippen LogP contribution in [0.1, 0.15) is 0 Å². The molecule has 0 aliphatic heterocycles. The first-order valence-corrected chi connectivity index (χ1v) is 9.04. The van der Waals surface area contributed by atoms with Gasteiger partial charge < -0.3 is 19.5 Å². The maximum Gasteiger partial charge on any atom is 0.241 e. The number of ether oxygens (including phenoxy) is 3. The summed E-state index contributed by atoms with van der Waals surface area (Å²) in [7, 11) is 0.616. The average molecular weight is 380 g/mol. The molecule has 0 heterocycles. The number of nitrogens with one attached hydrogen (secondary N) is 2. The van der Waals surface area contributed by atoms with Crippen LogP contribution in [0.2, 0.25) is 0 Å². The van der Waals surface area contributed by atoms with E-state index in [4.69, 9.17) is 14.2 Å². The molecule has 2 N–H and O–H groups in total. The zero-order chi connectivity index (χ0) is 19.2. The number of hydrogen-bond donors (Lipinski definition) is 2. The monoisotopic (exact) mass is 380 g/mol. The number of rotatable bonds is 8. The van der Waals surface area contributed by atoms with Crippen LogP contribution in [-0.2, 0) is 14.8 Å². The first-order chi connectivity index (χ1) is 12.4. The zero-order valence-electron chi connectivity index (χ0n) is 14.6. The van der Waals surface area contributed by atoms with Crippen molar-refractivity contribution in [3.05, 3.63) is 42.5 Å². The van der Waals surface area contributed by atoms with E-state index in [2.05, 4.69) is 10.0 Å². The van der Waals surface area contributed by atoms with Gasteiger partial charge in [-0.2, -0.15) is 0 Å². The summed E-state index contributed by atoms with van der Waals surface area (Å²) in [5, 5.41) is 2.59. The number of hydrogen-bond acceptors (Lipinski definition) is 6. The van der Waals surface area contributed by atoms with E-state index < -0.39 is 22.5 Å². The van der Waals surface area contributed by atoms with E-state index >= 15 is 0 Å². The number of methoxy groups -OCH3 is 3. The normalized spacial score (nSPS) is 10.9. The van der Waals surface area contributed by atoms with Crippen molar-refractivity contribution in [2.75, 3.05) is 33.2 Å². The van der Waals surface area contributed by atoms with Crippen LogP contribution < -0.4 is 24.2 Å². The largest absolute Gasteiger partial charge is 0.493 e. The van der Waals surface area contributed by atoms with Crippen molar-refractivity contribution in [1.82, 2.24) is 4.72 Å². The summed E-state index contributed by atoms with van der Waals surface area (Å²) in [5.74, 6) is 0.579. The molecule has 0 aliphatic carbocycles. The summed E-state index contributed by atoms with van der Waals surface area (Å²) in [6.07, 6.45) is 0. The maximum atomic E-state index is 12.1. The van der Waals surface area contributed by atoms with Crippen molar-refractivity contribution in [3.8, 4) is 17.2 Å². The second kappa shape index (κ2) is 8.54. The Morgan fingerprint density at radius 1 is 0.962 bits per heavy atom. The summed E-state index contributed by atoms with van der Waals surface area (Å²) < 4.78 is 42.1. The lowest BCUT2D eigenvalue weighted by Gasteiger charge is -2.14. The van der Waals surface area contributed by atoms with Crippen LogP contribution in [-0.4, -0.2) is 42.2 Å². The molecule has 0 radical (unpaired) electrons. The molecule has 26 heavy (non-hydrogen) atoms. The van der Waals surface area contributed by atoms with Gasteiger partial charge in [0, 0.05) is 17.8 Å². The van der Waals surface area contributed by atoms with Crippen LogP contribution in [0, 0.1) is 0 Å². The highest BCUT2D eigenvalue weighted by Gasteiger charge is 2.17. The van der Waals surface area contributed by atoms with Gasteiger partial charge in [0.05, 0.1) is 32.8 Å². The molecule has 0 saturated heterocycles. The highest BCUT2D eigenvalue weighted by molar-refractivity contribution is 7.89. The zero-order valence-corrected chi connectivity index (χ0v) is 15.4. The summed E-state index contributed by atoms with van der Waals surface area (Å²) >= 11 is 0. The van der Waals surface area contributed by atoms with Gasteiger partial charge in [0.25, 0.3) is 0 Å². The molecule has 140 valence electrons. The molecule has 2 rings (SSSR count). The van der Waals surface area contributed by atoms with E-state index in [9.17, 15) is 13.2 Å². The lowest BCUT2D eigenvalue weighted by atomic mass is 10.2. The van der Waals surface area contributed by atoms with Gasteiger partial charge in [-0.1, -0.05) is 18.2 Å². The predicted octanol–water partition coefficient (Wildman–Crippen LogP) is 1.63. The number of amides is 1. The molecule has 0 aromatic heterocycles. The van der Waals surface area contributed by atoms with Crippen molar-refractivity contribution in [3.63, 3.8) is 0 Å². The SMILES string of the molecule is COc1cc(NC(=O)CNS(=O)(=O)c2ccccc2)cc(OC)c1OC. The molecule has 0 bridgehead atoms. The van der Waals surface area contributed by atoms with Gasteiger partial charge in [0.2, 0.25) is 21.7 Å². The van der Waals surface area contributed by atoms with Crippen LogP contribution in [0.5, 0.6) is 17.2 Å². The molecule has 9 heteroatoms. The smallest absolute Gasteiger partial charge is 0.241 e. The fourth-order valence-corrected chi connectivity index (χ4v) is 3.21. The molecule has 0 atom stereocenters. The third-order valence-corrected chi connectivity index (χ3v) is 4.84. The summed E-state index contributed by atoms with van der Waals surface area (Å²) in [5.41, 5.74) is 0.378. The Hall–Kier alpha value is -2.78. The van der Waals surface area contributed by atoms with Gasteiger partial charge >= 0.3 is 0 Å². The van der Waals surface area contributed by atoms with Gasteiger partial charge in [0.15, 0.2) is 11.5 Å². The van der Waals surface area contributed by atoms with E-state index in [1.165, 1.54) is 33.5 Å². The van der Waals surface area contributed by atoms with Crippen molar-refractivity contribution in [1.29, 1.82) is 0 Å². The van der Waals surface area contributed by atoms with Crippen molar-refractivity contribution >= 4 is 21.6 Å². The Labute approximate surface area is 152 Å². The van der Waals surface area contributed by atoms with Gasteiger partial charge in [-0.3, -0.25) is 4.79 Å². The molecule has 0 fully saturated rings. The Morgan fingerprint density at radius 2 is 1.54 bits per heavy atom. The number of carbonyl (C=O) groups excluding carboxylic acids is 1. The minimum atomic E-state index is -3.76. The Morgan fingerprint density at radius 3 is 2.04 bits per heavy atom. The van der Waals surface area contributed by atoms with Crippen LogP contribution in [0.4, 0.5) is 5.69 Å².